The van der Waals surface area contributed by atoms with Crippen LogP contribution in [0.1, 0.15) is 36.3 Å². The highest BCUT2D eigenvalue weighted by molar-refractivity contribution is 6.31. The van der Waals surface area contributed by atoms with Crippen molar-refractivity contribution in [3.8, 4) is 0 Å². The normalized spacial score (nSPS) is 11.3. The Labute approximate surface area is 196 Å². The van der Waals surface area contributed by atoms with E-state index in [9.17, 15) is 14.4 Å². The molecule has 0 aliphatic heterocycles. The maximum Gasteiger partial charge on any atom is 0.330 e. The Morgan fingerprint density at radius 2 is 2.03 bits per heavy atom. The van der Waals surface area contributed by atoms with Crippen molar-refractivity contribution in [2.75, 3.05) is 30.9 Å². The molecule has 176 valence electrons. The minimum absolute atomic E-state index is 0.0577. The number of pyridine rings is 1. The van der Waals surface area contributed by atoms with Gasteiger partial charge < -0.3 is 15.4 Å². The Bertz CT molecular complexity index is 1300. The van der Waals surface area contributed by atoms with Gasteiger partial charge in [-0.25, -0.2) is 4.79 Å². The number of anilines is 2. The Morgan fingerprint density at radius 3 is 2.70 bits per heavy atom. The lowest BCUT2D eigenvalue weighted by atomic mass is 10.1. The van der Waals surface area contributed by atoms with Crippen LogP contribution in [0, 0.1) is 12.8 Å². The van der Waals surface area contributed by atoms with Gasteiger partial charge in [-0.1, -0.05) is 25.4 Å². The molecule has 2 aromatic heterocycles. The number of nitrogens with one attached hydrogen (secondary N) is 1. The maximum absolute atomic E-state index is 13.7. The second-order valence-corrected chi connectivity index (χ2v) is 8.70. The van der Waals surface area contributed by atoms with E-state index in [2.05, 4.69) is 9.97 Å². The summed E-state index contributed by atoms with van der Waals surface area (Å²) < 4.78 is 6.41. The molecule has 0 saturated heterocycles. The van der Waals surface area contributed by atoms with E-state index in [4.69, 9.17) is 22.1 Å². The molecule has 0 unspecified atom stereocenters. The SMILES string of the molecule is COCCCN(C(=O)c1cc2cc(Cl)ccc2nc1C)c1c(N)n(CC(C)C)c(=O)[nH]c1=O. The summed E-state index contributed by atoms with van der Waals surface area (Å²) in [4.78, 5) is 47.1. The summed E-state index contributed by atoms with van der Waals surface area (Å²) in [6.45, 7) is 6.40. The molecule has 0 spiro atoms. The van der Waals surface area contributed by atoms with Gasteiger partial charge in [-0.05, 0) is 43.5 Å². The summed E-state index contributed by atoms with van der Waals surface area (Å²) in [5.74, 6) is -0.416. The average Bonchev–Trinajstić information content (AvgIpc) is 2.74. The van der Waals surface area contributed by atoms with Crippen LogP contribution >= 0.6 is 11.6 Å². The molecule has 0 bridgehead atoms. The van der Waals surface area contributed by atoms with E-state index in [0.717, 1.165) is 0 Å². The molecule has 1 amide bonds. The number of rotatable bonds is 8. The number of nitrogens with two attached hydrogens (primary N) is 1. The van der Waals surface area contributed by atoms with E-state index in [1.165, 1.54) is 9.47 Å². The molecule has 2 heterocycles. The van der Waals surface area contributed by atoms with Gasteiger partial charge in [-0.15, -0.1) is 0 Å². The predicted molar refractivity (Wildman–Crippen MR) is 130 cm³/mol. The zero-order chi connectivity index (χ0) is 24.3. The first kappa shape index (κ1) is 24.5. The van der Waals surface area contributed by atoms with Crippen molar-refractivity contribution in [1.82, 2.24) is 14.5 Å². The van der Waals surface area contributed by atoms with Crippen LogP contribution < -0.4 is 21.9 Å². The quantitative estimate of drug-likeness (QED) is 0.485. The van der Waals surface area contributed by atoms with E-state index in [1.807, 2.05) is 13.8 Å². The molecular weight excluding hydrogens is 446 g/mol. The maximum atomic E-state index is 13.7. The van der Waals surface area contributed by atoms with E-state index < -0.39 is 17.2 Å². The van der Waals surface area contributed by atoms with E-state index in [1.54, 1.807) is 38.3 Å². The monoisotopic (exact) mass is 473 g/mol. The number of hydrogen-bond donors (Lipinski definition) is 2. The Kier molecular flexibility index (Phi) is 7.55. The number of nitrogen functional groups attached to an aromatic ring is 1. The van der Waals surface area contributed by atoms with Crippen molar-refractivity contribution < 1.29 is 9.53 Å². The summed E-state index contributed by atoms with van der Waals surface area (Å²) >= 11 is 6.12. The van der Waals surface area contributed by atoms with Gasteiger partial charge in [0.25, 0.3) is 11.5 Å². The number of hydrogen-bond acceptors (Lipinski definition) is 6. The first-order chi connectivity index (χ1) is 15.6. The van der Waals surface area contributed by atoms with Crippen LogP contribution in [0.3, 0.4) is 0 Å². The van der Waals surface area contributed by atoms with Gasteiger partial charge in [-0.2, -0.15) is 0 Å². The summed E-state index contributed by atoms with van der Waals surface area (Å²) in [6, 6.07) is 6.93. The zero-order valence-electron chi connectivity index (χ0n) is 19.1. The summed E-state index contributed by atoms with van der Waals surface area (Å²) in [7, 11) is 1.55. The average molecular weight is 474 g/mol. The molecule has 33 heavy (non-hydrogen) atoms. The number of fused-ring (bicyclic) bond motifs is 1. The minimum Gasteiger partial charge on any atom is -0.385 e. The van der Waals surface area contributed by atoms with Crippen LogP contribution in [0.4, 0.5) is 11.5 Å². The number of ether oxygens (including phenoxy) is 1. The molecule has 3 aromatic rings. The number of methoxy groups -OCH3 is 1. The first-order valence-electron chi connectivity index (χ1n) is 10.6. The molecule has 9 nitrogen and oxygen atoms in total. The number of carbonyl (C=O) groups excluding carboxylic acids is 1. The molecule has 3 N–H and O–H groups in total. The largest absolute Gasteiger partial charge is 0.385 e. The van der Waals surface area contributed by atoms with Crippen molar-refractivity contribution in [3.63, 3.8) is 0 Å². The smallest absolute Gasteiger partial charge is 0.330 e. The van der Waals surface area contributed by atoms with Gasteiger partial charge in [0.15, 0.2) is 5.69 Å². The van der Waals surface area contributed by atoms with Gasteiger partial charge in [0.05, 0.1) is 16.8 Å². The molecule has 0 radical (unpaired) electrons. The Morgan fingerprint density at radius 1 is 1.30 bits per heavy atom. The predicted octanol–water partition coefficient (Wildman–Crippen LogP) is 2.97. The Hall–Kier alpha value is -3.17. The van der Waals surface area contributed by atoms with Crippen molar-refractivity contribution in [2.45, 2.75) is 33.7 Å². The molecule has 0 fully saturated rings. The lowest BCUT2D eigenvalue weighted by Gasteiger charge is -2.25. The van der Waals surface area contributed by atoms with E-state index in [0.29, 0.717) is 46.8 Å². The third-order valence-corrected chi connectivity index (χ3v) is 5.44. The number of aromatic nitrogens is 3. The molecular formula is C23H28ClN5O4. The van der Waals surface area contributed by atoms with Crippen LogP contribution in [0.15, 0.2) is 33.9 Å². The third kappa shape index (κ3) is 5.26. The van der Waals surface area contributed by atoms with E-state index >= 15 is 0 Å². The fraction of sp³-hybridized carbons (Fsp3) is 0.391. The van der Waals surface area contributed by atoms with Crippen molar-refractivity contribution in [2.24, 2.45) is 5.92 Å². The molecule has 0 atom stereocenters. The lowest BCUT2D eigenvalue weighted by Crippen LogP contribution is -2.42. The van der Waals surface area contributed by atoms with Gasteiger partial charge in [0, 0.05) is 37.2 Å². The number of H-pyrrole nitrogens is 1. The topological polar surface area (TPSA) is 123 Å². The van der Waals surface area contributed by atoms with Crippen LogP contribution in [0.25, 0.3) is 10.9 Å². The fourth-order valence-corrected chi connectivity index (χ4v) is 3.85. The third-order valence-electron chi connectivity index (χ3n) is 5.20. The number of aryl methyl sites for hydroxylation is 1. The van der Waals surface area contributed by atoms with Gasteiger partial charge in [0.1, 0.15) is 5.82 Å². The zero-order valence-corrected chi connectivity index (χ0v) is 19.9. The number of halogens is 1. The first-order valence-corrected chi connectivity index (χ1v) is 11.0. The highest BCUT2D eigenvalue weighted by Crippen LogP contribution is 2.25. The van der Waals surface area contributed by atoms with E-state index in [-0.39, 0.29) is 24.0 Å². The van der Waals surface area contributed by atoms with Crippen LogP contribution in [-0.2, 0) is 11.3 Å². The summed E-state index contributed by atoms with van der Waals surface area (Å²) in [5, 5.41) is 1.21. The van der Waals surface area contributed by atoms with Gasteiger partial charge >= 0.3 is 5.69 Å². The standard InChI is InChI=1S/C23H28ClN5O4/c1-13(2)12-29-20(25)19(21(30)27-23(29)32)28(8-5-9-33-4)22(31)17-11-15-10-16(24)6-7-18(15)26-14(17)3/h6-7,10-11,13H,5,8-9,12,25H2,1-4H3,(H,27,30,32). The number of carbonyl (C=O) groups is 1. The minimum atomic E-state index is -0.724. The number of aromatic amines is 1. The van der Waals surface area contributed by atoms with Crippen molar-refractivity contribution in [3.05, 3.63) is 61.4 Å². The van der Waals surface area contributed by atoms with Gasteiger partial charge in [0.2, 0.25) is 0 Å². The van der Waals surface area contributed by atoms with Crippen LogP contribution in [-0.4, -0.2) is 40.7 Å². The van der Waals surface area contributed by atoms with Crippen molar-refractivity contribution >= 4 is 39.9 Å². The molecule has 3 rings (SSSR count). The molecule has 0 aliphatic carbocycles. The van der Waals surface area contributed by atoms with Crippen molar-refractivity contribution in [1.29, 1.82) is 0 Å². The summed E-state index contributed by atoms with van der Waals surface area (Å²) in [5.41, 5.74) is 6.38. The van der Waals surface area contributed by atoms with Gasteiger partial charge in [-0.3, -0.25) is 24.1 Å². The summed E-state index contributed by atoms with van der Waals surface area (Å²) in [6.07, 6.45) is 0.455. The fourth-order valence-electron chi connectivity index (χ4n) is 3.67. The highest BCUT2D eigenvalue weighted by Gasteiger charge is 2.27. The van der Waals surface area contributed by atoms with Crippen LogP contribution in [0.2, 0.25) is 5.02 Å². The molecule has 10 heteroatoms. The molecule has 0 aliphatic rings. The number of nitrogens with zero attached hydrogens (tertiary/aromatic N) is 3. The van der Waals surface area contributed by atoms with Crippen LogP contribution in [0.5, 0.6) is 0 Å². The molecule has 0 saturated carbocycles. The number of amides is 1. The Balaban J connectivity index is 2.17. The highest BCUT2D eigenvalue weighted by atomic mass is 35.5. The molecule has 1 aromatic carbocycles. The second kappa shape index (κ2) is 10.2. The number of benzene rings is 1. The lowest BCUT2D eigenvalue weighted by molar-refractivity contribution is 0.0982. The second-order valence-electron chi connectivity index (χ2n) is 8.26.